The molecule has 2 aromatic carbocycles. The number of nitrogens with zero attached hydrogens (tertiary/aromatic N) is 2. The molecule has 190 valence electrons. The first-order valence-electron chi connectivity index (χ1n) is 12.0. The quantitative estimate of drug-likeness (QED) is 0.426. The number of rotatable bonds is 10. The third kappa shape index (κ3) is 5.87. The summed E-state index contributed by atoms with van der Waals surface area (Å²) < 4.78 is 56.0. The standard InChI is InChI=1S/C25H32FN3O5S/c1-4-32-19-13-17(24(26)23(14-19)33-5-2)16-29-11-9-18(10-12-29)27-25-28-21-15-20(35(30,31)6-3)7-8-22(21)34-25/h7-8,13-15,18H,4-6,9-12,16H2,1-3H3,(H,27,28). The fourth-order valence-corrected chi connectivity index (χ4v) is 5.13. The maximum atomic E-state index is 14.9. The van der Waals surface area contributed by atoms with Crippen LogP contribution in [-0.2, 0) is 16.4 Å². The molecule has 1 aliphatic heterocycles. The molecule has 0 unspecified atom stereocenters. The maximum absolute atomic E-state index is 14.9. The summed E-state index contributed by atoms with van der Waals surface area (Å²) in [6.45, 7) is 8.24. The highest BCUT2D eigenvalue weighted by molar-refractivity contribution is 7.91. The van der Waals surface area contributed by atoms with Crippen LogP contribution in [0.2, 0.25) is 0 Å². The number of hydrogen-bond donors (Lipinski definition) is 1. The van der Waals surface area contributed by atoms with Crippen LogP contribution >= 0.6 is 0 Å². The minimum Gasteiger partial charge on any atom is -0.494 e. The Morgan fingerprint density at radius 1 is 1.11 bits per heavy atom. The lowest BCUT2D eigenvalue weighted by Gasteiger charge is -2.32. The lowest BCUT2D eigenvalue weighted by atomic mass is 10.0. The first kappa shape index (κ1) is 25.2. The van der Waals surface area contributed by atoms with Crippen LogP contribution in [0.4, 0.5) is 10.4 Å². The van der Waals surface area contributed by atoms with Gasteiger partial charge in [0.15, 0.2) is 27.0 Å². The Labute approximate surface area is 205 Å². The molecule has 0 bridgehead atoms. The van der Waals surface area contributed by atoms with Crippen LogP contribution in [0.15, 0.2) is 39.6 Å². The molecule has 1 aliphatic rings. The molecule has 0 aliphatic carbocycles. The molecular formula is C25H32FN3O5S. The second-order valence-electron chi connectivity index (χ2n) is 8.51. The van der Waals surface area contributed by atoms with E-state index in [0.717, 1.165) is 25.9 Å². The van der Waals surface area contributed by atoms with Gasteiger partial charge in [-0.05, 0) is 51.0 Å². The van der Waals surface area contributed by atoms with Crippen LogP contribution in [0.25, 0.3) is 11.1 Å². The normalized spacial score (nSPS) is 15.4. The predicted molar refractivity (Wildman–Crippen MR) is 132 cm³/mol. The molecule has 0 atom stereocenters. The molecular weight excluding hydrogens is 473 g/mol. The third-order valence-corrected chi connectivity index (χ3v) is 7.84. The zero-order valence-electron chi connectivity index (χ0n) is 20.3. The van der Waals surface area contributed by atoms with Gasteiger partial charge < -0.3 is 19.2 Å². The van der Waals surface area contributed by atoms with E-state index in [1.165, 1.54) is 0 Å². The Hall–Kier alpha value is -2.85. The number of piperidine rings is 1. The fourth-order valence-electron chi connectivity index (χ4n) is 4.23. The average molecular weight is 506 g/mol. The number of aromatic nitrogens is 1. The van der Waals surface area contributed by atoms with Gasteiger partial charge in [0.1, 0.15) is 11.3 Å². The predicted octanol–water partition coefficient (Wildman–Crippen LogP) is 4.63. The smallest absolute Gasteiger partial charge is 0.295 e. The average Bonchev–Trinajstić information content (AvgIpc) is 3.25. The summed E-state index contributed by atoms with van der Waals surface area (Å²) in [5, 5.41) is 3.32. The van der Waals surface area contributed by atoms with Gasteiger partial charge in [0.2, 0.25) is 0 Å². The van der Waals surface area contributed by atoms with E-state index in [9.17, 15) is 12.8 Å². The van der Waals surface area contributed by atoms with Gasteiger partial charge in [-0.1, -0.05) is 6.92 Å². The van der Waals surface area contributed by atoms with Gasteiger partial charge in [-0.25, -0.2) is 12.8 Å². The van der Waals surface area contributed by atoms with E-state index in [1.54, 1.807) is 37.3 Å². The van der Waals surface area contributed by atoms with E-state index in [-0.39, 0.29) is 28.3 Å². The Morgan fingerprint density at radius 3 is 2.54 bits per heavy atom. The van der Waals surface area contributed by atoms with Crippen LogP contribution in [0.1, 0.15) is 39.2 Å². The summed E-state index contributed by atoms with van der Waals surface area (Å²) in [4.78, 5) is 6.88. The number of halogens is 1. The van der Waals surface area contributed by atoms with Crippen molar-refractivity contribution in [2.24, 2.45) is 0 Å². The largest absolute Gasteiger partial charge is 0.494 e. The molecule has 1 fully saturated rings. The van der Waals surface area contributed by atoms with Crippen LogP contribution in [0.3, 0.4) is 0 Å². The Morgan fingerprint density at radius 2 is 1.86 bits per heavy atom. The molecule has 0 spiro atoms. The summed E-state index contributed by atoms with van der Waals surface area (Å²) >= 11 is 0. The topological polar surface area (TPSA) is 93.9 Å². The summed E-state index contributed by atoms with van der Waals surface area (Å²) in [6.07, 6.45) is 1.67. The van der Waals surface area contributed by atoms with Crippen molar-refractivity contribution in [3.8, 4) is 11.5 Å². The lowest BCUT2D eigenvalue weighted by molar-refractivity contribution is 0.206. The van der Waals surface area contributed by atoms with Crippen molar-refractivity contribution in [2.75, 3.05) is 37.4 Å². The number of nitrogens with one attached hydrogen (secondary N) is 1. The third-order valence-electron chi connectivity index (χ3n) is 6.11. The van der Waals surface area contributed by atoms with Crippen LogP contribution < -0.4 is 14.8 Å². The number of fused-ring (bicyclic) bond motifs is 1. The monoisotopic (exact) mass is 505 g/mol. The maximum Gasteiger partial charge on any atom is 0.295 e. The van der Waals surface area contributed by atoms with Crippen LogP contribution in [-0.4, -0.2) is 56.4 Å². The van der Waals surface area contributed by atoms with Crippen molar-refractivity contribution in [3.63, 3.8) is 0 Å². The van der Waals surface area contributed by atoms with E-state index >= 15 is 0 Å². The summed E-state index contributed by atoms with van der Waals surface area (Å²) in [5.74, 6) is 0.518. The molecule has 4 rings (SSSR count). The van der Waals surface area contributed by atoms with E-state index < -0.39 is 9.84 Å². The Bertz CT molecular complexity index is 1270. The zero-order chi connectivity index (χ0) is 25.0. The Kier molecular flexibility index (Phi) is 7.81. The number of ether oxygens (including phenoxy) is 2. The number of hydrogen-bond acceptors (Lipinski definition) is 8. The minimum atomic E-state index is -3.30. The van der Waals surface area contributed by atoms with Gasteiger partial charge in [-0.2, -0.15) is 4.98 Å². The van der Waals surface area contributed by atoms with Crippen molar-refractivity contribution in [2.45, 2.75) is 51.1 Å². The minimum absolute atomic E-state index is 0.0345. The van der Waals surface area contributed by atoms with E-state index in [2.05, 4.69) is 15.2 Å². The molecule has 1 aromatic heterocycles. The van der Waals surface area contributed by atoms with Gasteiger partial charge in [-0.15, -0.1) is 0 Å². The molecule has 1 saturated heterocycles. The van der Waals surface area contributed by atoms with E-state index in [0.29, 0.717) is 48.2 Å². The van der Waals surface area contributed by atoms with Crippen molar-refractivity contribution >= 4 is 27.0 Å². The number of likely N-dealkylation sites (tertiary alicyclic amines) is 1. The van der Waals surface area contributed by atoms with Gasteiger partial charge >= 0.3 is 0 Å². The zero-order valence-corrected chi connectivity index (χ0v) is 21.2. The Balaban J connectivity index is 1.38. The van der Waals surface area contributed by atoms with Crippen molar-refractivity contribution in [1.82, 2.24) is 9.88 Å². The molecule has 0 radical (unpaired) electrons. The number of benzene rings is 2. The summed E-state index contributed by atoms with van der Waals surface area (Å²) in [7, 11) is -3.30. The second kappa shape index (κ2) is 10.8. The van der Waals surface area contributed by atoms with Crippen LogP contribution in [0, 0.1) is 5.82 Å². The van der Waals surface area contributed by atoms with Crippen molar-refractivity contribution < 1.29 is 26.7 Å². The first-order valence-corrected chi connectivity index (χ1v) is 13.7. The summed E-state index contributed by atoms with van der Waals surface area (Å²) in [6, 6.07) is 8.61. The SMILES string of the molecule is CCOc1cc(CN2CCC(Nc3nc4cc(S(=O)(=O)CC)ccc4o3)CC2)c(F)c(OCC)c1. The number of oxazole rings is 1. The van der Waals surface area contributed by atoms with Crippen molar-refractivity contribution in [1.29, 1.82) is 0 Å². The highest BCUT2D eigenvalue weighted by atomic mass is 32.2. The van der Waals surface area contributed by atoms with Crippen LogP contribution in [0.5, 0.6) is 11.5 Å². The van der Waals surface area contributed by atoms with E-state index in [1.807, 2.05) is 13.8 Å². The van der Waals surface area contributed by atoms with Crippen molar-refractivity contribution in [3.05, 3.63) is 41.7 Å². The molecule has 8 nitrogen and oxygen atoms in total. The molecule has 10 heteroatoms. The molecule has 1 N–H and O–H groups in total. The first-order chi connectivity index (χ1) is 16.8. The van der Waals surface area contributed by atoms with E-state index in [4.69, 9.17) is 13.9 Å². The molecule has 0 amide bonds. The number of sulfone groups is 1. The molecule has 3 aromatic rings. The lowest BCUT2D eigenvalue weighted by Crippen LogP contribution is -2.38. The fraction of sp³-hybridized carbons (Fsp3) is 0.480. The van der Waals surface area contributed by atoms with Gasteiger partial charge in [0.25, 0.3) is 6.01 Å². The molecule has 35 heavy (non-hydrogen) atoms. The van der Waals surface area contributed by atoms with Gasteiger partial charge in [-0.3, -0.25) is 4.90 Å². The highest BCUT2D eigenvalue weighted by Crippen LogP contribution is 2.30. The highest BCUT2D eigenvalue weighted by Gasteiger charge is 2.23. The number of anilines is 1. The van der Waals surface area contributed by atoms with Gasteiger partial charge in [0, 0.05) is 37.3 Å². The second-order valence-corrected chi connectivity index (χ2v) is 10.8. The summed E-state index contributed by atoms with van der Waals surface area (Å²) in [5.41, 5.74) is 1.60. The molecule has 0 saturated carbocycles. The molecule has 2 heterocycles. The van der Waals surface area contributed by atoms with Gasteiger partial charge in [0.05, 0.1) is 23.9 Å².